The molecule has 2 aliphatic heterocycles. The maximum atomic E-state index is 14.8. The first-order valence-corrected chi connectivity index (χ1v) is 40.2. The molecule has 120 heavy (non-hydrogen) atoms. The second kappa shape index (κ2) is 31.0. The van der Waals surface area contributed by atoms with Crippen LogP contribution in [-0.2, 0) is 22.7 Å². The summed E-state index contributed by atoms with van der Waals surface area (Å²) >= 11 is 0. The third kappa shape index (κ3) is 13.6. The van der Waals surface area contributed by atoms with E-state index in [4.69, 9.17) is 34.4 Å². The quantitative estimate of drug-likeness (QED) is 0.0601. The topological polar surface area (TPSA) is 128 Å². The van der Waals surface area contributed by atoms with Crippen LogP contribution in [0, 0.1) is 0 Å². The maximum Gasteiger partial charge on any atom is 0.338 e. The minimum Gasteiger partial charge on any atom is -0.457 e. The number of rotatable bonds is 18. The molecule has 2 aliphatic rings. The first-order valence-electron chi connectivity index (χ1n) is 40.2. The molecule has 0 saturated heterocycles. The standard InChI is InChI=1S/C107H71BN8O4/c117-106(119-68-70-27-9-1-10-28-70)82-49-57-90-97(63-82)114(85-53-45-74(46-54-85)72-31-13-3-14-32-72)99-65-84(66-100-101(99)108(90)91-58-50-83(107(118)120-69-71-29-11-2-12-30-71)64-98(91)115(100)86-55-47-75(48-56-86)73-33-15-4-16-34-73)80-51-59-95-88(61-80)87-43-25-26-44-94(87)116(95)96-60-52-81(104-109-92(76-35-17-5-18-36-76)67-93(110-104)77-37-19-6-20-38-77)62-89(96)105-112-102(78-39-21-7-22-40-78)111-103(113-105)79-41-23-8-24-42-79/h1-67H,68-69H2. The van der Waals surface area contributed by atoms with E-state index in [2.05, 4.69) is 227 Å². The molecule has 0 bridgehead atoms. The highest BCUT2D eigenvalue weighted by molar-refractivity contribution is 7.00. The van der Waals surface area contributed by atoms with Gasteiger partial charge in [-0.2, -0.15) is 0 Å². The van der Waals surface area contributed by atoms with Crippen molar-refractivity contribution >= 4 is 91.0 Å². The number of carbonyl (C=O) groups excluding carboxylic acids is 2. The van der Waals surface area contributed by atoms with Crippen molar-refractivity contribution in [3.63, 3.8) is 0 Å². The minimum absolute atomic E-state index is 0.0995. The Morgan fingerprint density at radius 3 is 1.12 bits per heavy atom. The van der Waals surface area contributed by atoms with E-state index in [-0.39, 0.29) is 13.2 Å². The Labute approximate surface area is 694 Å². The molecule has 0 radical (unpaired) electrons. The number of hydrogen-bond donors (Lipinski definition) is 0. The Morgan fingerprint density at radius 2 is 0.650 bits per heavy atom. The number of fused-ring (bicyclic) bond motifs is 7. The van der Waals surface area contributed by atoms with Gasteiger partial charge in [0.2, 0.25) is 0 Å². The monoisotopic (exact) mass is 1540 g/mol. The molecule has 0 spiro atoms. The lowest BCUT2D eigenvalue weighted by atomic mass is 9.33. The number of carbonyl (C=O) groups is 2. The molecule has 0 atom stereocenters. The Balaban J connectivity index is 0.793. The second-order valence-electron chi connectivity index (χ2n) is 30.1. The molecule has 0 N–H and O–H groups in total. The number of para-hydroxylation sites is 1. The zero-order valence-electron chi connectivity index (χ0n) is 64.9. The summed E-state index contributed by atoms with van der Waals surface area (Å²) in [5.41, 5.74) is 26.1. The second-order valence-corrected chi connectivity index (χ2v) is 30.1. The fourth-order valence-electron chi connectivity index (χ4n) is 16.9. The van der Waals surface area contributed by atoms with Crippen LogP contribution in [-0.4, -0.2) is 48.1 Å². The molecule has 16 aromatic carbocycles. The van der Waals surface area contributed by atoms with Crippen molar-refractivity contribution < 1.29 is 19.1 Å². The lowest BCUT2D eigenvalue weighted by Crippen LogP contribution is -2.61. The molecular formula is C107H71BN8O4. The van der Waals surface area contributed by atoms with E-state index < -0.39 is 18.7 Å². The molecule has 5 heterocycles. The fourth-order valence-corrected chi connectivity index (χ4v) is 16.9. The Morgan fingerprint density at radius 1 is 0.267 bits per heavy atom. The van der Waals surface area contributed by atoms with E-state index in [1.54, 1.807) is 0 Å². The van der Waals surface area contributed by atoms with Gasteiger partial charge in [-0.05, 0) is 164 Å². The van der Waals surface area contributed by atoms with Crippen LogP contribution in [0.5, 0.6) is 0 Å². The van der Waals surface area contributed by atoms with Gasteiger partial charge in [0.1, 0.15) is 13.2 Å². The zero-order valence-corrected chi connectivity index (χ0v) is 64.9. The summed E-state index contributed by atoms with van der Waals surface area (Å²) in [6.45, 7) is -0.231. The minimum atomic E-state index is -0.452. The van der Waals surface area contributed by atoms with Gasteiger partial charge in [-0.1, -0.05) is 303 Å². The highest BCUT2D eigenvalue weighted by Crippen LogP contribution is 2.49. The van der Waals surface area contributed by atoms with Gasteiger partial charge in [0.05, 0.1) is 39.2 Å². The highest BCUT2D eigenvalue weighted by atomic mass is 16.5. The summed E-state index contributed by atoms with van der Waals surface area (Å²) in [6, 6.07) is 139. The summed E-state index contributed by atoms with van der Waals surface area (Å²) in [6.07, 6.45) is 0. The smallest absolute Gasteiger partial charge is 0.338 e. The summed E-state index contributed by atoms with van der Waals surface area (Å²) in [5.74, 6) is 1.13. The molecule has 21 rings (SSSR count). The van der Waals surface area contributed by atoms with E-state index in [1.807, 2.05) is 194 Å². The lowest BCUT2D eigenvalue weighted by molar-refractivity contribution is 0.0464. The SMILES string of the molecule is O=C(OCc1ccccc1)c1ccc2c(c1)N(c1ccc(-c3ccccc3)cc1)c1cc(-c3ccc4c(c3)c3ccccc3n4-c3ccc(-c4nc(-c5ccccc5)cc(-c5ccccc5)n4)cc3-c3nc(-c4ccccc4)nc(-c4ccccc4)n3)cc3c1B2c1ccc(C(=O)OCc2ccccc2)cc1N3c1ccc(-c2ccccc2)cc1. The van der Waals surface area contributed by atoms with Gasteiger partial charge in [-0.3, -0.25) is 0 Å². The van der Waals surface area contributed by atoms with Gasteiger partial charge in [-0.25, -0.2) is 34.5 Å². The Kier molecular flexibility index (Phi) is 18.5. The van der Waals surface area contributed by atoms with E-state index >= 15 is 0 Å². The number of benzene rings is 16. The lowest BCUT2D eigenvalue weighted by Gasteiger charge is -2.44. The van der Waals surface area contributed by atoms with Crippen LogP contribution in [0.2, 0.25) is 0 Å². The van der Waals surface area contributed by atoms with Crippen molar-refractivity contribution in [2.45, 2.75) is 13.2 Å². The van der Waals surface area contributed by atoms with E-state index in [0.29, 0.717) is 34.4 Å². The summed E-state index contributed by atoms with van der Waals surface area (Å²) in [4.78, 5) is 61.1. The van der Waals surface area contributed by atoms with Gasteiger partial charge in [0.25, 0.3) is 6.71 Å². The average Bonchev–Trinajstić information content (AvgIpc) is 0.979. The predicted octanol–water partition coefficient (Wildman–Crippen LogP) is 23.6. The molecule has 3 aromatic heterocycles. The van der Waals surface area contributed by atoms with Crippen LogP contribution in [0.15, 0.2) is 406 Å². The maximum absolute atomic E-state index is 14.8. The van der Waals surface area contributed by atoms with Gasteiger partial charge in [0.15, 0.2) is 23.3 Å². The fraction of sp³-hybridized carbons (Fsp3) is 0.0187. The summed E-state index contributed by atoms with van der Waals surface area (Å²) in [5, 5.41) is 2.01. The molecule has 12 nitrogen and oxygen atoms in total. The zero-order chi connectivity index (χ0) is 80.0. The van der Waals surface area contributed by atoms with Crippen LogP contribution < -0.4 is 26.2 Å². The predicted molar refractivity (Wildman–Crippen MR) is 484 cm³/mol. The molecule has 19 aromatic rings. The largest absolute Gasteiger partial charge is 0.457 e. The van der Waals surface area contributed by atoms with Crippen LogP contribution in [0.3, 0.4) is 0 Å². The first-order chi connectivity index (χ1) is 59.3. The van der Waals surface area contributed by atoms with Gasteiger partial charge in [-0.15, -0.1) is 0 Å². The first kappa shape index (κ1) is 71.8. The molecular weight excluding hydrogens is 1470 g/mol. The third-order valence-corrected chi connectivity index (χ3v) is 22.7. The number of hydrogen-bond acceptors (Lipinski definition) is 11. The number of anilines is 6. The molecule has 0 saturated carbocycles. The van der Waals surface area contributed by atoms with Crippen LogP contribution >= 0.6 is 0 Å². The normalized spacial score (nSPS) is 11.9. The van der Waals surface area contributed by atoms with Crippen molar-refractivity contribution in [2.24, 2.45) is 0 Å². The highest BCUT2D eigenvalue weighted by Gasteiger charge is 2.45. The van der Waals surface area contributed by atoms with E-state index in [0.717, 1.165) is 167 Å². The Bertz CT molecular complexity index is 6780. The van der Waals surface area contributed by atoms with Crippen molar-refractivity contribution in [2.75, 3.05) is 9.80 Å². The van der Waals surface area contributed by atoms with Crippen molar-refractivity contribution in [3.05, 3.63) is 429 Å². The molecule has 0 fully saturated rings. The van der Waals surface area contributed by atoms with Crippen molar-refractivity contribution in [3.8, 4) is 107 Å². The molecule has 0 aliphatic carbocycles. The van der Waals surface area contributed by atoms with Gasteiger partial charge < -0.3 is 23.8 Å². The van der Waals surface area contributed by atoms with E-state index in [9.17, 15) is 9.59 Å². The summed E-state index contributed by atoms with van der Waals surface area (Å²) in [7, 11) is 0. The van der Waals surface area contributed by atoms with E-state index in [1.165, 1.54) is 0 Å². The van der Waals surface area contributed by atoms with Crippen molar-refractivity contribution in [1.82, 2.24) is 29.5 Å². The molecule has 13 heteroatoms. The third-order valence-electron chi connectivity index (χ3n) is 22.7. The van der Waals surface area contributed by atoms with Crippen LogP contribution in [0.1, 0.15) is 31.8 Å². The Hall–Kier alpha value is -16.0. The number of aromatic nitrogens is 6. The average molecular weight is 1540 g/mol. The van der Waals surface area contributed by atoms with Crippen molar-refractivity contribution in [1.29, 1.82) is 0 Å². The van der Waals surface area contributed by atoms with Crippen LogP contribution in [0.4, 0.5) is 34.1 Å². The molecule has 0 unspecified atom stereocenters. The summed E-state index contributed by atoms with van der Waals surface area (Å²) < 4.78 is 14.7. The van der Waals surface area contributed by atoms with Crippen LogP contribution in [0.25, 0.3) is 129 Å². The number of nitrogens with zero attached hydrogens (tertiary/aromatic N) is 8. The van der Waals surface area contributed by atoms with Gasteiger partial charge in [0, 0.05) is 78.3 Å². The number of esters is 2. The van der Waals surface area contributed by atoms with Gasteiger partial charge >= 0.3 is 11.9 Å². The molecule has 0 amide bonds. The molecule has 566 valence electrons. The number of ether oxygens (including phenoxy) is 2.